The summed E-state index contributed by atoms with van der Waals surface area (Å²) in [4.78, 5) is 15.4. The molecule has 2 fully saturated rings. The Morgan fingerprint density at radius 1 is 0.828 bits per heavy atom. The van der Waals surface area contributed by atoms with Gasteiger partial charge in [-0.25, -0.2) is 9.97 Å². The molecule has 1 aliphatic carbocycles. The molecule has 0 amide bonds. The third-order valence-corrected chi connectivity index (χ3v) is 7.05. The van der Waals surface area contributed by atoms with Crippen molar-refractivity contribution in [2.24, 2.45) is 5.92 Å². The molecule has 1 saturated heterocycles. The maximum Gasteiger partial charge on any atom is 0.161 e. The number of hydrogen-bond donors (Lipinski definition) is 0. The quantitative estimate of drug-likeness (QED) is 0.729. The topological polar surface area (TPSA) is 32.3 Å². The highest BCUT2D eigenvalue weighted by Crippen LogP contribution is 2.32. The van der Waals surface area contributed by atoms with Gasteiger partial charge < -0.3 is 4.90 Å². The summed E-state index contributed by atoms with van der Waals surface area (Å²) in [6, 6.07) is 10.5. The van der Waals surface area contributed by atoms with Gasteiger partial charge in [-0.05, 0) is 38.0 Å². The minimum atomic E-state index is 0.897. The average Bonchev–Trinajstić information content (AvgIpc) is 2.80. The molecule has 29 heavy (non-hydrogen) atoms. The van der Waals surface area contributed by atoms with Crippen LogP contribution in [-0.2, 0) is 13.0 Å². The fourth-order valence-electron chi connectivity index (χ4n) is 5.43. The highest BCUT2D eigenvalue weighted by atomic mass is 15.2. The van der Waals surface area contributed by atoms with Crippen LogP contribution in [0.1, 0.15) is 62.6 Å². The van der Waals surface area contributed by atoms with E-state index in [9.17, 15) is 0 Å². The van der Waals surface area contributed by atoms with Crippen LogP contribution in [0.5, 0.6) is 0 Å². The summed E-state index contributed by atoms with van der Waals surface area (Å²) in [5.41, 5.74) is 3.84. The molecule has 0 unspecified atom stereocenters. The van der Waals surface area contributed by atoms with E-state index in [4.69, 9.17) is 9.97 Å². The predicted molar refractivity (Wildman–Crippen MR) is 119 cm³/mol. The van der Waals surface area contributed by atoms with Crippen LogP contribution in [0.3, 0.4) is 0 Å². The van der Waals surface area contributed by atoms with E-state index in [0.29, 0.717) is 0 Å². The molecule has 3 heterocycles. The van der Waals surface area contributed by atoms with Crippen LogP contribution in [0, 0.1) is 5.92 Å². The summed E-state index contributed by atoms with van der Waals surface area (Å²) in [7, 11) is 0. The maximum atomic E-state index is 5.15. The molecule has 0 bridgehead atoms. The van der Waals surface area contributed by atoms with Crippen molar-refractivity contribution >= 4 is 5.82 Å². The van der Waals surface area contributed by atoms with Gasteiger partial charge in [-0.1, -0.05) is 49.6 Å². The number of benzene rings is 1. The zero-order chi connectivity index (χ0) is 19.5. The minimum Gasteiger partial charge on any atom is -0.356 e. The molecule has 0 spiro atoms. The van der Waals surface area contributed by atoms with Crippen molar-refractivity contribution in [1.82, 2.24) is 14.9 Å². The van der Waals surface area contributed by atoms with Gasteiger partial charge in [0.05, 0.1) is 5.69 Å². The van der Waals surface area contributed by atoms with Crippen molar-refractivity contribution < 1.29 is 0 Å². The van der Waals surface area contributed by atoms with Crippen molar-refractivity contribution in [3.05, 3.63) is 41.6 Å². The Kier molecular flexibility index (Phi) is 5.80. The fourth-order valence-corrected chi connectivity index (χ4v) is 5.43. The molecular weight excluding hydrogens is 356 g/mol. The first kappa shape index (κ1) is 19.0. The van der Waals surface area contributed by atoms with Crippen LogP contribution in [0.4, 0.5) is 5.82 Å². The van der Waals surface area contributed by atoms with Gasteiger partial charge in [0.2, 0.25) is 0 Å². The number of rotatable bonds is 4. The first-order valence-corrected chi connectivity index (χ1v) is 11.8. The SMILES string of the molecule is c1ccc(-c2nc3c(c(N4CCCCC4)n2)CN(CC2CCCCC2)CC3)cc1. The standard InChI is InChI=1S/C25H34N4/c1-4-10-20(11-5-1)18-28-17-14-23-22(19-28)25(29-15-8-3-9-16-29)27-24(26-23)21-12-6-2-7-13-21/h2,6-7,12-13,20H,1,3-5,8-11,14-19H2. The molecule has 2 aromatic rings. The van der Waals surface area contributed by atoms with Gasteiger partial charge in [-0.2, -0.15) is 0 Å². The van der Waals surface area contributed by atoms with Crippen molar-refractivity contribution in [3.8, 4) is 11.4 Å². The lowest BCUT2D eigenvalue weighted by atomic mass is 9.88. The molecule has 4 heteroatoms. The van der Waals surface area contributed by atoms with Crippen molar-refractivity contribution in [2.75, 3.05) is 31.1 Å². The number of piperidine rings is 1. The summed E-state index contributed by atoms with van der Waals surface area (Å²) in [6.07, 6.45) is 12.1. The summed E-state index contributed by atoms with van der Waals surface area (Å²) in [6.45, 7) is 5.72. The number of nitrogens with zero attached hydrogens (tertiary/aromatic N) is 4. The highest BCUT2D eigenvalue weighted by Gasteiger charge is 2.27. The van der Waals surface area contributed by atoms with E-state index in [0.717, 1.165) is 49.9 Å². The molecule has 4 nitrogen and oxygen atoms in total. The van der Waals surface area contributed by atoms with Crippen LogP contribution in [0.2, 0.25) is 0 Å². The predicted octanol–water partition coefficient (Wildman–Crippen LogP) is 5.07. The fraction of sp³-hybridized carbons (Fsp3) is 0.600. The molecule has 5 rings (SSSR count). The molecule has 154 valence electrons. The summed E-state index contributed by atoms with van der Waals surface area (Å²) in [5, 5.41) is 0. The third kappa shape index (κ3) is 4.32. The Hall–Kier alpha value is -1.94. The summed E-state index contributed by atoms with van der Waals surface area (Å²) in [5.74, 6) is 3.03. The van der Waals surface area contributed by atoms with Gasteiger partial charge in [0.1, 0.15) is 5.82 Å². The van der Waals surface area contributed by atoms with E-state index in [2.05, 4.69) is 40.1 Å². The molecule has 1 aromatic carbocycles. The summed E-state index contributed by atoms with van der Waals surface area (Å²) < 4.78 is 0. The number of aromatic nitrogens is 2. The first-order valence-electron chi connectivity index (χ1n) is 11.8. The molecule has 2 aliphatic heterocycles. The number of fused-ring (bicyclic) bond motifs is 1. The van der Waals surface area contributed by atoms with E-state index in [-0.39, 0.29) is 0 Å². The lowest BCUT2D eigenvalue weighted by Gasteiger charge is -2.36. The number of anilines is 1. The number of hydrogen-bond acceptors (Lipinski definition) is 4. The Morgan fingerprint density at radius 2 is 1.59 bits per heavy atom. The Balaban J connectivity index is 1.44. The molecule has 1 aromatic heterocycles. The normalized spacial score (nSPS) is 21.2. The average molecular weight is 391 g/mol. The van der Waals surface area contributed by atoms with Crippen molar-refractivity contribution in [3.63, 3.8) is 0 Å². The molecule has 1 saturated carbocycles. The Morgan fingerprint density at radius 3 is 2.38 bits per heavy atom. The van der Waals surface area contributed by atoms with Gasteiger partial charge in [-0.3, -0.25) is 4.90 Å². The highest BCUT2D eigenvalue weighted by molar-refractivity contribution is 5.61. The lowest BCUT2D eigenvalue weighted by molar-refractivity contribution is 0.186. The maximum absolute atomic E-state index is 5.15. The van der Waals surface area contributed by atoms with Gasteiger partial charge in [0, 0.05) is 50.3 Å². The van der Waals surface area contributed by atoms with Gasteiger partial charge in [-0.15, -0.1) is 0 Å². The zero-order valence-corrected chi connectivity index (χ0v) is 17.7. The summed E-state index contributed by atoms with van der Waals surface area (Å²) >= 11 is 0. The second-order valence-electron chi connectivity index (χ2n) is 9.20. The molecule has 3 aliphatic rings. The van der Waals surface area contributed by atoms with E-state index >= 15 is 0 Å². The van der Waals surface area contributed by atoms with Crippen LogP contribution in [0.25, 0.3) is 11.4 Å². The molecule has 0 N–H and O–H groups in total. The van der Waals surface area contributed by atoms with Gasteiger partial charge in [0.25, 0.3) is 0 Å². The largest absolute Gasteiger partial charge is 0.356 e. The minimum absolute atomic E-state index is 0.897. The molecule has 0 atom stereocenters. The molecular formula is C25H34N4. The van der Waals surface area contributed by atoms with Crippen LogP contribution in [0.15, 0.2) is 30.3 Å². The second kappa shape index (κ2) is 8.83. The second-order valence-corrected chi connectivity index (χ2v) is 9.20. The Bertz CT molecular complexity index is 807. The first-order chi connectivity index (χ1) is 14.4. The van der Waals surface area contributed by atoms with Crippen molar-refractivity contribution in [2.45, 2.75) is 64.3 Å². The van der Waals surface area contributed by atoms with E-state index in [1.165, 1.54) is 75.0 Å². The third-order valence-electron chi connectivity index (χ3n) is 7.05. The van der Waals surface area contributed by atoms with E-state index in [1.807, 2.05) is 0 Å². The van der Waals surface area contributed by atoms with Gasteiger partial charge >= 0.3 is 0 Å². The van der Waals surface area contributed by atoms with Crippen LogP contribution < -0.4 is 4.90 Å². The smallest absolute Gasteiger partial charge is 0.161 e. The van der Waals surface area contributed by atoms with Crippen LogP contribution in [-0.4, -0.2) is 41.0 Å². The van der Waals surface area contributed by atoms with Gasteiger partial charge in [0.15, 0.2) is 5.82 Å². The van der Waals surface area contributed by atoms with Crippen molar-refractivity contribution in [1.29, 1.82) is 0 Å². The zero-order valence-electron chi connectivity index (χ0n) is 17.7. The monoisotopic (exact) mass is 390 g/mol. The van der Waals surface area contributed by atoms with E-state index < -0.39 is 0 Å². The Labute approximate surface area is 175 Å². The molecule has 0 radical (unpaired) electrons. The van der Waals surface area contributed by atoms with Crippen LogP contribution >= 0.6 is 0 Å². The lowest BCUT2D eigenvalue weighted by Crippen LogP contribution is -2.38. The van der Waals surface area contributed by atoms with E-state index in [1.54, 1.807) is 0 Å².